The van der Waals surface area contributed by atoms with Crippen LogP contribution < -0.4 is 15.8 Å². The van der Waals surface area contributed by atoms with Crippen molar-refractivity contribution < 1.29 is 19.0 Å². The number of hydrogen-bond donors (Lipinski definition) is 2. The quantitative estimate of drug-likeness (QED) is 0.0892. The van der Waals surface area contributed by atoms with Gasteiger partial charge >= 0.3 is 0 Å². The van der Waals surface area contributed by atoms with Gasteiger partial charge in [0.05, 0.1) is 73.5 Å². The average molecular weight is 935 g/mol. The third-order valence-electron chi connectivity index (χ3n) is 11.0. The van der Waals surface area contributed by atoms with E-state index in [2.05, 4.69) is 44.7 Å². The fraction of sp³-hybridized carbons (Fsp3) is 0.432. The van der Waals surface area contributed by atoms with Crippen LogP contribution in [-0.4, -0.2) is 112 Å². The maximum Gasteiger partial charge on any atom is 0.222 e. The van der Waals surface area contributed by atoms with E-state index in [4.69, 9.17) is 64.0 Å². The van der Waals surface area contributed by atoms with Gasteiger partial charge in [-0.05, 0) is 70.0 Å². The predicted molar refractivity (Wildman–Crippen MR) is 248 cm³/mol. The van der Waals surface area contributed by atoms with Crippen molar-refractivity contribution in [1.29, 1.82) is 0 Å². The zero-order valence-corrected chi connectivity index (χ0v) is 38.8. The first kappa shape index (κ1) is 45.1. The van der Waals surface area contributed by atoms with Crippen molar-refractivity contribution in [3.05, 3.63) is 108 Å². The smallest absolute Gasteiger partial charge is 0.222 e. The number of amides is 1. The summed E-state index contributed by atoms with van der Waals surface area (Å²) in [5.41, 5.74) is 9.04. The van der Waals surface area contributed by atoms with Gasteiger partial charge < -0.3 is 19.5 Å². The Balaban J connectivity index is 0.722. The Labute approximate surface area is 385 Å². The number of hydrogen-bond acceptors (Lipinski definition) is 13. The molecule has 0 bridgehead atoms. The number of aliphatic imine (C=N–C) groups is 2. The summed E-state index contributed by atoms with van der Waals surface area (Å²) in [5.74, 6) is 3.43. The molecule has 0 aliphatic carbocycles. The monoisotopic (exact) mass is 933 g/mol. The Morgan fingerprint density at radius 2 is 1.73 bits per heavy atom. The van der Waals surface area contributed by atoms with Crippen LogP contribution in [0, 0.1) is 27.7 Å². The van der Waals surface area contributed by atoms with Gasteiger partial charge in [-0.15, -0.1) is 21.5 Å². The number of anilines is 1. The van der Waals surface area contributed by atoms with E-state index in [1.54, 1.807) is 17.4 Å². The molecular formula is C44H50Cl3N11O4S. The number of aryl methyl sites for hydroxylation is 3. The predicted octanol–water partition coefficient (Wildman–Crippen LogP) is 7.48. The van der Waals surface area contributed by atoms with Crippen molar-refractivity contribution in [2.45, 2.75) is 65.6 Å². The molecule has 2 saturated heterocycles. The van der Waals surface area contributed by atoms with Crippen LogP contribution >= 0.6 is 46.1 Å². The molecule has 2 atom stereocenters. The topological polar surface area (TPSA) is 157 Å². The highest BCUT2D eigenvalue weighted by atomic mass is 35.5. The Bertz CT molecular complexity index is 2500. The van der Waals surface area contributed by atoms with Crippen molar-refractivity contribution in [3.8, 4) is 5.00 Å². The molecule has 2 aromatic carbocycles. The van der Waals surface area contributed by atoms with Crippen LogP contribution in [0.15, 0.2) is 58.5 Å². The lowest BCUT2D eigenvalue weighted by Crippen LogP contribution is -2.33. The molecule has 2 fully saturated rings. The third-order valence-corrected chi connectivity index (χ3v) is 13.2. The number of hydrazine groups is 1. The van der Waals surface area contributed by atoms with Crippen molar-refractivity contribution >= 4 is 75.1 Å². The number of amidine groups is 1. The van der Waals surface area contributed by atoms with Crippen molar-refractivity contribution in [2.75, 3.05) is 64.2 Å². The third kappa shape index (κ3) is 11.1. The van der Waals surface area contributed by atoms with E-state index in [1.165, 1.54) is 4.88 Å². The first-order valence-electron chi connectivity index (χ1n) is 21.0. The normalized spacial score (nSPS) is 18.0. The molecule has 3 aromatic heterocycles. The Kier molecular flexibility index (Phi) is 14.7. The van der Waals surface area contributed by atoms with Crippen LogP contribution in [0.1, 0.15) is 70.0 Å². The summed E-state index contributed by atoms with van der Waals surface area (Å²) in [6, 6.07) is 14.5. The molecule has 19 heteroatoms. The van der Waals surface area contributed by atoms with Gasteiger partial charge in [-0.25, -0.2) is 15.0 Å². The summed E-state index contributed by atoms with van der Waals surface area (Å²) < 4.78 is 19.7. The second-order valence-electron chi connectivity index (χ2n) is 15.7. The largest absolute Gasteiger partial charge is 0.377 e. The van der Waals surface area contributed by atoms with E-state index in [-0.39, 0.29) is 18.4 Å². The van der Waals surface area contributed by atoms with E-state index in [0.29, 0.717) is 72.8 Å². The minimum Gasteiger partial charge on any atom is -0.377 e. The number of nitrogens with one attached hydrogen (secondary N) is 2. The van der Waals surface area contributed by atoms with Crippen LogP contribution in [0.2, 0.25) is 15.1 Å². The maximum atomic E-state index is 13.3. The summed E-state index contributed by atoms with van der Waals surface area (Å²) in [6.45, 7) is 13.7. The number of rotatable bonds is 17. The van der Waals surface area contributed by atoms with E-state index < -0.39 is 6.04 Å². The number of likely N-dealkylation sites (tertiary alicyclic amines) is 1. The van der Waals surface area contributed by atoms with E-state index in [0.717, 1.165) is 88.7 Å². The Hall–Kier alpha value is -4.52. The molecule has 8 rings (SSSR count). The fourth-order valence-electron chi connectivity index (χ4n) is 7.81. The molecule has 0 radical (unpaired) electrons. The summed E-state index contributed by atoms with van der Waals surface area (Å²) in [7, 11) is 0. The number of thiophene rings is 1. The molecule has 1 amide bonds. The number of carbonyl (C=O) groups excluding carboxylic acids is 1. The molecule has 5 aromatic rings. The van der Waals surface area contributed by atoms with Gasteiger partial charge in [0.15, 0.2) is 11.6 Å². The minimum atomic E-state index is -0.535. The second kappa shape index (κ2) is 20.5. The van der Waals surface area contributed by atoms with Gasteiger partial charge in [-0.3, -0.25) is 29.7 Å². The van der Waals surface area contributed by atoms with Crippen LogP contribution in [0.3, 0.4) is 0 Å². The second-order valence-corrected chi connectivity index (χ2v) is 18.1. The minimum absolute atomic E-state index is 0.113. The van der Waals surface area contributed by atoms with Crippen molar-refractivity contribution in [2.24, 2.45) is 9.98 Å². The molecule has 3 aliphatic rings. The number of nitrogens with zero attached hydrogens (tertiary/aromatic N) is 9. The van der Waals surface area contributed by atoms with Gasteiger partial charge in [0.25, 0.3) is 0 Å². The first-order valence-corrected chi connectivity index (χ1v) is 23.0. The van der Waals surface area contributed by atoms with Gasteiger partial charge in [0, 0.05) is 65.4 Å². The number of aromatic nitrogens is 5. The average Bonchev–Trinajstić information content (AvgIpc) is 4.04. The number of ether oxygens (including phenoxy) is 3. The molecule has 332 valence electrons. The number of carbonyl (C=O) groups is 1. The molecular weight excluding hydrogens is 885 g/mol. The molecule has 0 saturated carbocycles. The Morgan fingerprint density at radius 3 is 2.54 bits per heavy atom. The Morgan fingerprint density at radius 1 is 0.937 bits per heavy atom. The lowest BCUT2D eigenvalue weighted by Gasteiger charge is -2.18. The van der Waals surface area contributed by atoms with Gasteiger partial charge in [0.2, 0.25) is 5.91 Å². The molecule has 63 heavy (non-hydrogen) atoms. The summed E-state index contributed by atoms with van der Waals surface area (Å²) in [4.78, 5) is 36.2. The molecule has 6 heterocycles. The van der Waals surface area contributed by atoms with Crippen LogP contribution in [-0.2, 0) is 25.5 Å². The standard InChI is InChI=1S/C44H50Cl3N11O4S/c1-26-21-38(51-37-12-15-57(55-37)32-9-10-34(46)35(47)22-32)52-39(49-26)25-56-14-11-33(24-56)62-20-19-61-18-17-60-16-13-48-40(59)23-36-43-54-53-29(4)58(43)44-41(27(2)28(3)63-44)42(50-36)30-5-7-31(45)8-6-30/h5-10,21-22,33,36H,11-20,23-25H2,1-4H3,(H,48,59)(H,49,51,52,55)/t33?,36-/m0/s1. The molecule has 3 aliphatic heterocycles. The van der Waals surface area contributed by atoms with Gasteiger partial charge in [-0.1, -0.05) is 46.9 Å². The fourth-order valence-corrected chi connectivity index (χ4v) is 9.44. The highest BCUT2D eigenvalue weighted by Crippen LogP contribution is 2.39. The highest BCUT2D eigenvalue weighted by molar-refractivity contribution is 7.15. The molecule has 2 N–H and O–H groups in total. The van der Waals surface area contributed by atoms with Crippen molar-refractivity contribution in [3.63, 3.8) is 0 Å². The SMILES string of the molecule is Cc1cc(N=C2CCN(c3ccc(Cl)c(Cl)c3)N2)nc(CN2CCC(OCCOCCOCCNC(=O)C[C@@H]3N=C(c4ccc(Cl)cc4)c4c(sc(C)c4C)-n4c(C)nnc43)C2)n1. The van der Waals surface area contributed by atoms with Crippen LogP contribution in [0.4, 0.5) is 11.5 Å². The summed E-state index contributed by atoms with van der Waals surface area (Å²) in [5, 5.41) is 16.5. The first-order chi connectivity index (χ1) is 30.5. The van der Waals surface area contributed by atoms with Crippen molar-refractivity contribution in [1.82, 2.24) is 40.4 Å². The van der Waals surface area contributed by atoms with E-state index in [9.17, 15) is 4.79 Å². The summed E-state index contributed by atoms with van der Waals surface area (Å²) in [6.07, 6.45) is 1.90. The number of halogens is 3. The van der Waals surface area contributed by atoms with Crippen LogP contribution in [0.5, 0.6) is 0 Å². The van der Waals surface area contributed by atoms with E-state index >= 15 is 0 Å². The lowest BCUT2D eigenvalue weighted by molar-refractivity contribution is -0.121. The number of fused-ring (bicyclic) bond motifs is 3. The highest BCUT2D eigenvalue weighted by Gasteiger charge is 2.32. The maximum absolute atomic E-state index is 13.3. The molecule has 0 spiro atoms. The van der Waals surface area contributed by atoms with Crippen LogP contribution in [0.25, 0.3) is 5.00 Å². The molecule has 1 unspecified atom stereocenters. The lowest BCUT2D eigenvalue weighted by atomic mass is 9.99. The summed E-state index contributed by atoms with van der Waals surface area (Å²) >= 11 is 20.2. The van der Waals surface area contributed by atoms with Gasteiger partial charge in [0.1, 0.15) is 28.5 Å². The zero-order chi connectivity index (χ0) is 44.0. The number of benzene rings is 2. The van der Waals surface area contributed by atoms with Gasteiger partial charge in [-0.2, -0.15) is 0 Å². The molecule has 15 nitrogen and oxygen atoms in total. The zero-order valence-electron chi connectivity index (χ0n) is 35.7. The van der Waals surface area contributed by atoms with E-state index in [1.807, 2.05) is 65.9 Å².